The van der Waals surface area contributed by atoms with Crippen molar-refractivity contribution in [1.29, 1.82) is 0 Å². The quantitative estimate of drug-likeness (QED) is 0.557. The van der Waals surface area contributed by atoms with Crippen LogP contribution in [0.15, 0.2) is 35.4 Å². The number of carboxylic acid groups (broad SMARTS) is 1. The third-order valence-corrected chi connectivity index (χ3v) is 1.68. The van der Waals surface area contributed by atoms with Crippen molar-refractivity contribution in [1.82, 2.24) is 5.43 Å². The summed E-state index contributed by atoms with van der Waals surface area (Å²) in [6.45, 7) is 1.98. The molecule has 0 saturated heterocycles. The molecule has 0 radical (unpaired) electrons. The summed E-state index contributed by atoms with van der Waals surface area (Å²) in [7, 11) is 0. The number of nitrogens with one attached hydrogen (secondary N) is 1. The van der Waals surface area contributed by atoms with Gasteiger partial charge in [0.15, 0.2) is 0 Å². The lowest BCUT2D eigenvalue weighted by Gasteiger charge is -2.00. The molecule has 1 aromatic rings. The Bertz CT molecular complexity index is 333. The van der Waals surface area contributed by atoms with Gasteiger partial charge in [-0.25, -0.2) is 4.79 Å². The molecule has 0 saturated carbocycles. The van der Waals surface area contributed by atoms with Gasteiger partial charge in [0.05, 0.1) is 6.54 Å². The van der Waals surface area contributed by atoms with Crippen LogP contribution in [0, 0.1) is 0 Å². The molecule has 0 bridgehead atoms. The Morgan fingerprint density at radius 3 is 2.64 bits per heavy atom. The predicted octanol–water partition coefficient (Wildman–Crippen LogP) is 1.24. The summed E-state index contributed by atoms with van der Waals surface area (Å²) < 4.78 is 0. The smallest absolute Gasteiger partial charge is 0.351 e. The molecule has 0 aliphatic rings. The van der Waals surface area contributed by atoms with Crippen molar-refractivity contribution >= 4 is 11.7 Å². The lowest BCUT2D eigenvalue weighted by Crippen LogP contribution is -2.14. The van der Waals surface area contributed by atoms with E-state index in [1.807, 2.05) is 30.3 Å². The van der Waals surface area contributed by atoms with Crippen molar-refractivity contribution in [2.45, 2.75) is 13.5 Å². The summed E-state index contributed by atoms with van der Waals surface area (Å²) in [4.78, 5) is 10.4. The van der Waals surface area contributed by atoms with Crippen LogP contribution in [0.25, 0.3) is 0 Å². The Labute approximate surface area is 82.3 Å². The molecule has 1 aromatic carbocycles. The summed E-state index contributed by atoms with van der Waals surface area (Å²) in [6, 6.07) is 9.65. The number of carboxylic acids is 1. The van der Waals surface area contributed by atoms with E-state index in [2.05, 4.69) is 10.5 Å². The first-order valence-electron chi connectivity index (χ1n) is 4.24. The monoisotopic (exact) mass is 192 g/mol. The van der Waals surface area contributed by atoms with Crippen LogP contribution < -0.4 is 5.43 Å². The molecule has 1 rings (SSSR count). The third kappa shape index (κ3) is 3.26. The minimum absolute atomic E-state index is 0.0564. The van der Waals surface area contributed by atoms with Gasteiger partial charge in [0.25, 0.3) is 0 Å². The van der Waals surface area contributed by atoms with E-state index in [1.165, 1.54) is 6.92 Å². The lowest BCUT2D eigenvalue weighted by atomic mass is 10.2. The summed E-state index contributed by atoms with van der Waals surface area (Å²) in [5.74, 6) is -1.01. The topological polar surface area (TPSA) is 61.7 Å². The Morgan fingerprint density at radius 2 is 2.07 bits per heavy atom. The molecule has 4 heteroatoms. The molecule has 0 aliphatic carbocycles. The maximum absolute atomic E-state index is 10.4. The third-order valence-electron chi connectivity index (χ3n) is 1.68. The summed E-state index contributed by atoms with van der Waals surface area (Å²) in [6.07, 6.45) is 0. The Balaban J connectivity index is 2.43. The van der Waals surface area contributed by atoms with Crippen LogP contribution >= 0.6 is 0 Å². The van der Waals surface area contributed by atoms with Crippen molar-refractivity contribution in [3.05, 3.63) is 35.9 Å². The van der Waals surface area contributed by atoms with Gasteiger partial charge in [0.2, 0.25) is 0 Å². The zero-order chi connectivity index (χ0) is 10.4. The van der Waals surface area contributed by atoms with E-state index in [4.69, 9.17) is 5.11 Å². The zero-order valence-electron chi connectivity index (χ0n) is 7.90. The number of nitrogens with zero attached hydrogens (tertiary/aromatic N) is 1. The average Bonchev–Trinajstić information content (AvgIpc) is 2.19. The molecule has 0 spiro atoms. The zero-order valence-corrected chi connectivity index (χ0v) is 7.90. The normalized spacial score (nSPS) is 11.1. The van der Waals surface area contributed by atoms with Gasteiger partial charge in [-0.2, -0.15) is 5.10 Å². The van der Waals surface area contributed by atoms with Crippen LogP contribution in [0.3, 0.4) is 0 Å². The van der Waals surface area contributed by atoms with E-state index in [9.17, 15) is 4.79 Å². The average molecular weight is 192 g/mol. The molecule has 0 aliphatic heterocycles. The molecule has 0 aromatic heterocycles. The van der Waals surface area contributed by atoms with E-state index in [1.54, 1.807) is 0 Å². The van der Waals surface area contributed by atoms with Gasteiger partial charge in [0.1, 0.15) is 5.71 Å². The van der Waals surface area contributed by atoms with E-state index < -0.39 is 5.97 Å². The second-order valence-electron chi connectivity index (χ2n) is 2.82. The Kier molecular flexibility index (Phi) is 3.67. The van der Waals surface area contributed by atoms with Crippen molar-refractivity contribution in [3.63, 3.8) is 0 Å². The number of carbonyl (C=O) groups is 1. The highest BCUT2D eigenvalue weighted by atomic mass is 16.4. The van der Waals surface area contributed by atoms with Gasteiger partial charge >= 0.3 is 5.97 Å². The Morgan fingerprint density at radius 1 is 1.43 bits per heavy atom. The van der Waals surface area contributed by atoms with Crippen LogP contribution in [-0.2, 0) is 11.3 Å². The standard InChI is InChI=1S/C10H12N2O2/c1-8(10(13)14)12-11-7-9-5-3-2-4-6-9/h2-6,11H,7H2,1H3,(H,13,14). The van der Waals surface area contributed by atoms with Gasteiger partial charge in [-0.1, -0.05) is 30.3 Å². The maximum Gasteiger partial charge on any atom is 0.351 e. The number of aliphatic carboxylic acids is 1. The second-order valence-corrected chi connectivity index (χ2v) is 2.82. The molecule has 0 unspecified atom stereocenters. The van der Waals surface area contributed by atoms with Crippen LogP contribution in [-0.4, -0.2) is 16.8 Å². The van der Waals surface area contributed by atoms with Crippen molar-refractivity contribution < 1.29 is 9.90 Å². The number of hydrogen-bond donors (Lipinski definition) is 2. The van der Waals surface area contributed by atoms with E-state index in [0.29, 0.717) is 6.54 Å². The van der Waals surface area contributed by atoms with E-state index >= 15 is 0 Å². The Hall–Kier alpha value is -1.84. The lowest BCUT2D eigenvalue weighted by molar-refractivity contribution is -0.129. The molecule has 74 valence electrons. The van der Waals surface area contributed by atoms with E-state index in [0.717, 1.165) is 5.56 Å². The summed E-state index contributed by atoms with van der Waals surface area (Å²) in [5, 5.41) is 12.2. The molecule has 4 nitrogen and oxygen atoms in total. The van der Waals surface area contributed by atoms with Crippen LogP contribution in [0.2, 0.25) is 0 Å². The predicted molar refractivity (Wildman–Crippen MR) is 54.0 cm³/mol. The molecule has 2 N–H and O–H groups in total. The summed E-state index contributed by atoms with van der Waals surface area (Å²) >= 11 is 0. The highest BCUT2D eigenvalue weighted by Gasteiger charge is 1.99. The van der Waals surface area contributed by atoms with Gasteiger partial charge in [-0.05, 0) is 12.5 Å². The van der Waals surface area contributed by atoms with Gasteiger partial charge < -0.3 is 10.5 Å². The van der Waals surface area contributed by atoms with Gasteiger partial charge in [0, 0.05) is 0 Å². The first kappa shape index (κ1) is 10.2. The number of hydrazone groups is 1. The van der Waals surface area contributed by atoms with Gasteiger partial charge in [-0.15, -0.1) is 0 Å². The number of rotatable bonds is 4. The van der Waals surface area contributed by atoms with Crippen LogP contribution in [0.1, 0.15) is 12.5 Å². The SMILES string of the molecule is CC(=NNCc1ccccc1)C(=O)O. The highest BCUT2D eigenvalue weighted by Crippen LogP contribution is 1.96. The molecule has 0 amide bonds. The number of hydrogen-bond acceptors (Lipinski definition) is 3. The molecule has 0 heterocycles. The maximum atomic E-state index is 10.4. The fourth-order valence-electron chi connectivity index (χ4n) is 0.893. The van der Waals surface area contributed by atoms with Crippen LogP contribution in [0.4, 0.5) is 0 Å². The molecular formula is C10H12N2O2. The molecular weight excluding hydrogens is 180 g/mol. The molecule has 0 fully saturated rings. The molecule has 0 atom stereocenters. The van der Waals surface area contributed by atoms with Crippen LogP contribution in [0.5, 0.6) is 0 Å². The van der Waals surface area contributed by atoms with E-state index in [-0.39, 0.29) is 5.71 Å². The van der Waals surface area contributed by atoms with Gasteiger partial charge in [-0.3, -0.25) is 0 Å². The first-order valence-corrected chi connectivity index (χ1v) is 4.24. The second kappa shape index (κ2) is 5.01. The largest absolute Gasteiger partial charge is 0.477 e. The van der Waals surface area contributed by atoms with Crippen molar-refractivity contribution in [2.75, 3.05) is 0 Å². The first-order chi connectivity index (χ1) is 6.70. The highest BCUT2D eigenvalue weighted by molar-refractivity contribution is 6.34. The van der Waals surface area contributed by atoms with Crippen molar-refractivity contribution in [3.8, 4) is 0 Å². The summed E-state index contributed by atoms with van der Waals surface area (Å²) in [5.41, 5.74) is 3.81. The molecule has 14 heavy (non-hydrogen) atoms. The number of benzene rings is 1. The minimum Gasteiger partial charge on any atom is -0.477 e. The fraction of sp³-hybridized carbons (Fsp3) is 0.200. The minimum atomic E-state index is -1.01. The van der Waals surface area contributed by atoms with Crippen molar-refractivity contribution in [2.24, 2.45) is 5.10 Å². The fourth-order valence-corrected chi connectivity index (χ4v) is 0.893.